The number of nitrogens with zero attached hydrogens (tertiary/aromatic N) is 1. The highest BCUT2D eigenvalue weighted by Gasteiger charge is 2.44. The molecule has 2 aliphatic heterocycles. The first-order valence-electron chi connectivity index (χ1n) is 7.20. The molecule has 1 N–H and O–H groups in total. The molecule has 0 saturated carbocycles. The summed E-state index contributed by atoms with van der Waals surface area (Å²) in [5.74, 6) is -1.57. The zero-order valence-electron chi connectivity index (χ0n) is 12.1. The molecule has 0 aromatic heterocycles. The smallest absolute Gasteiger partial charge is 0.243 e. The molecule has 1 saturated heterocycles. The Morgan fingerprint density at radius 1 is 1.27 bits per heavy atom. The average Bonchev–Trinajstić information content (AvgIpc) is 2.89. The summed E-state index contributed by atoms with van der Waals surface area (Å²) >= 11 is 0. The van der Waals surface area contributed by atoms with Gasteiger partial charge in [0, 0.05) is 12.5 Å². The molecular weight excluding hydrogens is 284 g/mol. The second-order valence-corrected chi connectivity index (χ2v) is 5.80. The molecule has 3 unspecified atom stereocenters. The molecule has 0 bridgehead atoms. The number of hydrogen-bond acceptors (Lipinski definition) is 5. The summed E-state index contributed by atoms with van der Waals surface area (Å²) in [7, 11) is 0. The first-order chi connectivity index (χ1) is 10.5. The van der Waals surface area contributed by atoms with Crippen LogP contribution in [0.2, 0.25) is 0 Å². The summed E-state index contributed by atoms with van der Waals surface area (Å²) in [5, 5.41) is 2.34. The molecular formula is C16H16N2O4. The summed E-state index contributed by atoms with van der Waals surface area (Å²) in [4.78, 5) is 48.5. The highest BCUT2D eigenvalue weighted by atomic mass is 16.2. The zero-order chi connectivity index (χ0) is 15.9. The van der Waals surface area contributed by atoms with E-state index in [4.69, 9.17) is 0 Å². The third-order valence-electron chi connectivity index (χ3n) is 4.39. The maximum atomic E-state index is 12.2. The average molecular weight is 300 g/mol. The van der Waals surface area contributed by atoms with E-state index < -0.39 is 23.8 Å². The molecule has 3 rings (SSSR count). The van der Waals surface area contributed by atoms with Crippen molar-refractivity contribution >= 4 is 23.9 Å². The van der Waals surface area contributed by atoms with Crippen molar-refractivity contribution in [1.29, 1.82) is 0 Å². The van der Waals surface area contributed by atoms with Crippen LogP contribution in [-0.4, -0.2) is 34.8 Å². The Bertz CT molecular complexity index is 670. The van der Waals surface area contributed by atoms with Gasteiger partial charge in [0.15, 0.2) is 6.29 Å². The van der Waals surface area contributed by atoms with Crippen LogP contribution in [0.1, 0.15) is 30.5 Å². The van der Waals surface area contributed by atoms with Crippen LogP contribution in [0, 0.1) is 5.92 Å². The predicted octanol–water partition coefficient (Wildman–Crippen LogP) is 0.362. The largest absolute Gasteiger partial charge is 0.295 e. The van der Waals surface area contributed by atoms with Gasteiger partial charge in [-0.2, -0.15) is 0 Å². The van der Waals surface area contributed by atoms with E-state index in [0.717, 1.165) is 11.1 Å². The standard InChI is InChI=1S/C16H16N2O4/c1-9-6-12(16(22)17-15(9)21)18-7-10-4-2-3-5-11(10)14(18)13(20)8-19/h2-5,8-9,12,14H,6-7H2,1H3,(H,17,21,22). The Morgan fingerprint density at radius 3 is 2.73 bits per heavy atom. The van der Waals surface area contributed by atoms with E-state index in [0.29, 0.717) is 19.3 Å². The monoisotopic (exact) mass is 300 g/mol. The highest BCUT2D eigenvalue weighted by Crippen LogP contribution is 2.37. The van der Waals surface area contributed by atoms with Gasteiger partial charge in [0.1, 0.15) is 6.04 Å². The molecule has 2 aliphatic rings. The lowest BCUT2D eigenvalue weighted by atomic mass is 9.93. The topological polar surface area (TPSA) is 83.6 Å². The Labute approximate surface area is 127 Å². The van der Waals surface area contributed by atoms with Crippen LogP contribution in [0.4, 0.5) is 0 Å². The van der Waals surface area contributed by atoms with Crippen LogP contribution >= 0.6 is 0 Å². The first kappa shape index (κ1) is 14.6. The summed E-state index contributed by atoms with van der Waals surface area (Å²) in [6, 6.07) is 6.02. The van der Waals surface area contributed by atoms with Gasteiger partial charge in [0.05, 0.1) is 6.04 Å². The number of fused-ring (bicyclic) bond motifs is 1. The molecule has 2 amide bonds. The number of aldehydes is 1. The van der Waals surface area contributed by atoms with E-state index in [1.165, 1.54) is 0 Å². The molecule has 1 aromatic rings. The minimum Gasteiger partial charge on any atom is -0.295 e. The number of ketones is 1. The van der Waals surface area contributed by atoms with Gasteiger partial charge in [-0.05, 0) is 17.5 Å². The molecule has 114 valence electrons. The SMILES string of the molecule is CC1CC(N2Cc3ccccc3C2C(=O)C=O)C(=O)NC1=O. The molecule has 22 heavy (non-hydrogen) atoms. The van der Waals surface area contributed by atoms with Gasteiger partial charge in [0.25, 0.3) is 0 Å². The van der Waals surface area contributed by atoms with Crippen molar-refractivity contribution in [3.05, 3.63) is 35.4 Å². The van der Waals surface area contributed by atoms with Crippen molar-refractivity contribution in [1.82, 2.24) is 10.2 Å². The van der Waals surface area contributed by atoms with Gasteiger partial charge in [0.2, 0.25) is 17.6 Å². The van der Waals surface area contributed by atoms with Crippen LogP contribution in [0.5, 0.6) is 0 Å². The molecule has 0 spiro atoms. The van der Waals surface area contributed by atoms with Crippen molar-refractivity contribution in [2.75, 3.05) is 0 Å². The molecule has 3 atom stereocenters. The van der Waals surface area contributed by atoms with Crippen LogP contribution in [0.3, 0.4) is 0 Å². The lowest BCUT2D eigenvalue weighted by molar-refractivity contribution is -0.143. The van der Waals surface area contributed by atoms with Crippen molar-refractivity contribution in [3.63, 3.8) is 0 Å². The first-order valence-corrected chi connectivity index (χ1v) is 7.20. The predicted molar refractivity (Wildman–Crippen MR) is 76.5 cm³/mol. The Hall–Kier alpha value is -2.34. The van der Waals surface area contributed by atoms with E-state index in [2.05, 4.69) is 5.32 Å². The van der Waals surface area contributed by atoms with Crippen LogP contribution in [-0.2, 0) is 25.7 Å². The molecule has 6 heteroatoms. The van der Waals surface area contributed by atoms with E-state index in [1.54, 1.807) is 24.0 Å². The van der Waals surface area contributed by atoms with Crippen LogP contribution < -0.4 is 5.32 Å². The number of Topliss-reactive ketones (excluding diaryl/α,β-unsaturated/α-hetero) is 1. The fourth-order valence-electron chi connectivity index (χ4n) is 3.25. The lowest BCUT2D eigenvalue weighted by Gasteiger charge is -2.35. The number of carbonyl (C=O) groups excluding carboxylic acids is 4. The molecule has 0 aliphatic carbocycles. The zero-order valence-corrected chi connectivity index (χ0v) is 12.1. The summed E-state index contributed by atoms with van der Waals surface area (Å²) in [6.45, 7) is 2.16. The van der Waals surface area contributed by atoms with Crippen molar-refractivity contribution in [2.24, 2.45) is 5.92 Å². The Morgan fingerprint density at radius 2 is 2.00 bits per heavy atom. The van der Waals surface area contributed by atoms with E-state index >= 15 is 0 Å². The van der Waals surface area contributed by atoms with Gasteiger partial charge < -0.3 is 0 Å². The fraction of sp³-hybridized carbons (Fsp3) is 0.375. The van der Waals surface area contributed by atoms with Gasteiger partial charge in [-0.1, -0.05) is 31.2 Å². The maximum Gasteiger partial charge on any atom is 0.243 e. The maximum absolute atomic E-state index is 12.2. The van der Waals surface area contributed by atoms with E-state index in [-0.39, 0.29) is 11.8 Å². The van der Waals surface area contributed by atoms with Crippen molar-refractivity contribution in [2.45, 2.75) is 32.0 Å². The molecule has 0 radical (unpaired) electrons. The van der Waals surface area contributed by atoms with Gasteiger partial charge >= 0.3 is 0 Å². The van der Waals surface area contributed by atoms with Gasteiger partial charge in [-0.15, -0.1) is 0 Å². The molecule has 6 nitrogen and oxygen atoms in total. The van der Waals surface area contributed by atoms with Crippen molar-refractivity contribution in [3.8, 4) is 0 Å². The third-order valence-corrected chi connectivity index (χ3v) is 4.39. The van der Waals surface area contributed by atoms with Gasteiger partial charge in [-0.25, -0.2) is 0 Å². The quantitative estimate of drug-likeness (QED) is 0.495. The molecule has 2 heterocycles. The van der Waals surface area contributed by atoms with Crippen LogP contribution in [0.15, 0.2) is 24.3 Å². The Balaban J connectivity index is 1.96. The summed E-state index contributed by atoms with van der Waals surface area (Å²) in [6.07, 6.45) is 0.649. The second kappa shape index (κ2) is 5.46. The van der Waals surface area contributed by atoms with Crippen molar-refractivity contribution < 1.29 is 19.2 Å². The third kappa shape index (κ3) is 2.25. The number of benzene rings is 1. The van der Waals surface area contributed by atoms with E-state index in [9.17, 15) is 19.2 Å². The normalized spacial score (nSPS) is 28.1. The highest BCUT2D eigenvalue weighted by molar-refractivity contribution is 6.27. The van der Waals surface area contributed by atoms with E-state index in [1.807, 2.05) is 12.1 Å². The molecule has 1 aromatic carbocycles. The number of rotatable bonds is 3. The second-order valence-electron chi connectivity index (χ2n) is 5.80. The number of carbonyl (C=O) groups is 4. The number of imide groups is 1. The minimum absolute atomic E-state index is 0.295. The van der Waals surface area contributed by atoms with Crippen LogP contribution in [0.25, 0.3) is 0 Å². The number of hydrogen-bond donors (Lipinski definition) is 1. The minimum atomic E-state index is -0.746. The fourth-order valence-corrected chi connectivity index (χ4v) is 3.25. The molecule has 1 fully saturated rings. The lowest BCUT2D eigenvalue weighted by Crippen LogP contribution is -2.55. The number of nitrogens with one attached hydrogen (secondary N) is 1. The Kier molecular flexibility index (Phi) is 3.62. The summed E-state index contributed by atoms with van der Waals surface area (Å²) < 4.78 is 0. The summed E-state index contributed by atoms with van der Waals surface area (Å²) in [5.41, 5.74) is 1.69. The number of piperidine rings is 1. The number of amides is 2. The van der Waals surface area contributed by atoms with Gasteiger partial charge in [-0.3, -0.25) is 29.4 Å².